The third kappa shape index (κ3) is 7.74. The average Bonchev–Trinajstić information content (AvgIpc) is 2.52. The van der Waals surface area contributed by atoms with Crippen molar-refractivity contribution in [3.8, 4) is 0 Å². The van der Waals surface area contributed by atoms with Crippen LogP contribution >= 0.6 is 15.9 Å². The van der Waals surface area contributed by atoms with E-state index in [9.17, 15) is 19.2 Å². The largest absolute Gasteiger partial charge is 0.433 e. The number of Topliss-reactive ketones (excluding diaryl/α,β-unsaturated/α-hetero) is 2. The van der Waals surface area contributed by atoms with Crippen LogP contribution in [0, 0.1) is 5.92 Å². The van der Waals surface area contributed by atoms with E-state index in [1.165, 1.54) is 27.0 Å². The van der Waals surface area contributed by atoms with Crippen molar-refractivity contribution in [1.29, 1.82) is 0 Å². The van der Waals surface area contributed by atoms with E-state index in [-0.39, 0.29) is 24.9 Å². The molecule has 0 amide bonds. The van der Waals surface area contributed by atoms with Crippen molar-refractivity contribution in [1.82, 2.24) is 0 Å². The van der Waals surface area contributed by atoms with Crippen molar-refractivity contribution < 1.29 is 28.7 Å². The summed E-state index contributed by atoms with van der Waals surface area (Å²) in [7, 11) is 2.89. The maximum absolute atomic E-state index is 12.0. The molecule has 0 fully saturated rings. The molecule has 0 N–H and O–H groups in total. The predicted octanol–water partition coefficient (Wildman–Crippen LogP) is 2.02. The van der Waals surface area contributed by atoms with Crippen LogP contribution in [0.3, 0.4) is 0 Å². The summed E-state index contributed by atoms with van der Waals surface area (Å²) >= 11 is 3.15. The third-order valence-electron chi connectivity index (χ3n) is 3.16. The topological polar surface area (TPSA) is 99.1 Å². The van der Waals surface area contributed by atoms with Crippen LogP contribution in [-0.2, 0) is 28.7 Å². The third-order valence-corrected chi connectivity index (χ3v) is 3.75. The maximum atomic E-state index is 12.0. The molecule has 1 unspecified atom stereocenters. The zero-order chi connectivity index (χ0) is 18.9. The standard InChI is InChI=1S/C16H22BrNO6/c1-10(8-14(17)18-4)12(20)6-7-13(21)11(9-19)15(22)24-16(2,3)23-5/h8-9,11H,6-7H2,1-5H3/b10-8+,18-14?. The Hall–Kier alpha value is -1.67. The van der Waals surface area contributed by atoms with Gasteiger partial charge in [-0.05, 0) is 34.5 Å². The summed E-state index contributed by atoms with van der Waals surface area (Å²) < 4.78 is 10.4. The van der Waals surface area contributed by atoms with Crippen molar-refractivity contribution in [2.45, 2.75) is 39.4 Å². The van der Waals surface area contributed by atoms with Gasteiger partial charge >= 0.3 is 5.97 Å². The first-order valence-electron chi connectivity index (χ1n) is 7.17. The number of halogens is 1. The van der Waals surface area contributed by atoms with E-state index in [0.29, 0.717) is 10.2 Å². The first-order valence-corrected chi connectivity index (χ1v) is 7.97. The minimum atomic E-state index is -1.57. The van der Waals surface area contributed by atoms with Gasteiger partial charge in [0.05, 0.1) is 0 Å². The molecule has 0 radical (unpaired) electrons. The lowest BCUT2D eigenvalue weighted by atomic mass is 9.98. The van der Waals surface area contributed by atoms with E-state index in [1.54, 1.807) is 14.0 Å². The van der Waals surface area contributed by atoms with Gasteiger partial charge in [0.15, 0.2) is 17.5 Å². The second-order valence-corrected chi connectivity index (χ2v) is 6.21. The zero-order valence-electron chi connectivity index (χ0n) is 14.4. The molecular weight excluding hydrogens is 382 g/mol. The Labute approximate surface area is 149 Å². The van der Waals surface area contributed by atoms with Crippen molar-refractivity contribution >= 4 is 44.4 Å². The summed E-state index contributed by atoms with van der Waals surface area (Å²) in [5, 5.41) is 0. The van der Waals surface area contributed by atoms with E-state index in [1.807, 2.05) is 0 Å². The fraction of sp³-hybridized carbons (Fsp3) is 0.562. The molecule has 0 aromatic rings. The fourth-order valence-corrected chi connectivity index (χ4v) is 1.87. The Kier molecular flexibility index (Phi) is 9.53. The van der Waals surface area contributed by atoms with Crippen LogP contribution < -0.4 is 0 Å². The molecule has 8 heteroatoms. The Morgan fingerprint density at radius 3 is 2.29 bits per heavy atom. The number of ether oxygens (including phenoxy) is 2. The summed E-state index contributed by atoms with van der Waals surface area (Å²) in [5.41, 5.74) is 0.408. The molecule has 1 atom stereocenters. The SMILES string of the molecule is CN=C(Br)/C=C(\C)C(=O)CCC(=O)C(C=O)C(=O)OC(C)(C)OC. The molecule has 0 spiro atoms. The molecule has 7 nitrogen and oxygen atoms in total. The van der Waals surface area contributed by atoms with E-state index < -0.39 is 23.5 Å². The molecule has 0 saturated heterocycles. The summed E-state index contributed by atoms with van der Waals surface area (Å²) in [5.74, 6) is -4.77. The molecule has 0 heterocycles. The van der Waals surface area contributed by atoms with Gasteiger partial charge in [0.1, 0.15) is 10.9 Å². The highest BCUT2D eigenvalue weighted by atomic mass is 79.9. The van der Waals surface area contributed by atoms with E-state index in [4.69, 9.17) is 9.47 Å². The van der Waals surface area contributed by atoms with Crippen LogP contribution in [-0.4, -0.2) is 48.4 Å². The first-order chi connectivity index (χ1) is 11.1. The fourth-order valence-electron chi connectivity index (χ4n) is 1.52. The summed E-state index contributed by atoms with van der Waals surface area (Å²) in [6.07, 6.45) is 1.39. The normalized spacial score (nSPS) is 14.1. The molecule has 0 aliphatic rings. The van der Waals surface area contributed by atoms with Crippen molar-refractivity contribution in [2.75, 3.05) is 14.2 Å². The van der Waals surface area contributed by atoms with E-state index >= 15 is 0 Å². The van der Waals surface area contributed by atoms with Crippen LogP contribution in [0.1, 0.15) is 33.6 Å². The molecule has 0 rings (SSSR count). The number of aldehydes is 1. The number of methoxy groups -OCH3 is 1. The Morgan fingerprint density at radius 1 is 1.25 bits per heavy atom. The van der Waals surface area contributed by atoms with Gasteiger partial charge in [-0.25, -0.2) is 0 Å². The number of esters is 1. The minimum absolute atomic E-state index is 0.115. The number of aliphatic imine (C=N–C) groups is 1. The zero-order valence-corrected chi connectivity index (χ0v) is 16.0. The molecule has 0 bridgehead atoms. The number of rotatable bonds is 10. The van der Waals surface area contributed by atoms with Crippen LogP contribution in [0.4, 0.5) is 0 Å². The lowest BCUT2D eigenvalue weighted by molar-refractivity contribution is -0.208. The average molecular weight is 404 g/mol. The molecule has 0 saturated carbocycles. The maximum Gasteiger partial charge on any atom is 0.326 e. The van der Waals surface area contributed by atoms with Gasteiger partial charge in [-0.2, -0.15) is 0 Å². The van der Waals surface area contributed by atoms with Gasteiger partial charge in [-0.3, -0.25) is 19.4 Å². The van der Waals surface area contributed by atoms with Gasteiger partial charge in [-0.15, -0.1) is 0 Å². The molecular formula is C16H22BrNO6. The Balaban J connectivity index is 4.79. The highest BCUT2D eigenvalue weighted by molar-refractivity contribution is 9.18. The Morgan fingerprint density at radius 2 is 1.83 bits per heavy atom. The van der Waals surface area contributed by atoms with Crippen LogP contribution in [0.2, 0.25) is 0 Å². The van der Waals surface area contributed by atoms with Crippen molar-refractivity contribution in [3.05, 3.63) is 11.6 Å². The molecule has 0 aromatic carbocycles. The van der Waals surface area contributed by atoms with E-state index in [2.05, 4.69) is 20.9 Å². The molecule has 24 heavy (non-hydrogen) atoms. The number of nitrogens with zero attached hydrogens (tertiary/aromatic N) is 1. The summed E-state index contributed by atoms with van der Waals surface area (Å²) in [4.78, 5) is 50.7. The molecule has 0 aliphatic carbocycles. The van der Waals surface area contributed by atoms with Gasteiger partial charge < -0.3 is 14.3 Å². The van der Waals surface area contributed by atoms with Gasteiger partial charge in [-0.1, -0.05) is 0 Å². The highest BCUT2D eigenvalue weighted by Gasteiger charge is 2.32. The van der Waals surface area contributed by atoms with Gasteiger partial charge in [0.25, 0.3) is 0 Å². The van der Waals surface area contributed by atoms with Gasteiger partial charge in [0.2, 0.25) is 5.79 Å². The number of hydrogen-bond donors (Lipinski definition) is 0. The molecule has 0 aliphatic heterocycles. The first kappa shape index (κ1) is 22.3. The molecule has 134 valence electrons. The van der Waals surface area contributed by atoms with Crippen molar-refractivity contribution in [2.24, 2.45) is 10.9 Å². The number of carbonyl (C=O) groups is 4. The summed E-state index contributed by atoms with van der Waals surface area (Å²) in [6, 6.07) is 0. The van der Waals surface area contributed by atoms with Crippen LogP contribution in [0.5, 0.6) is 0 Å². The lowest BCUT2D eigenvalue weighted by Gasteiger charge is -2.24. The van der Waals surface area contributed by atoms with E-state index in [0.717, 1.165) is 0 Å². The minimum Gasteiger partial charge on any atom is -0.433 e. The highest BCUT2D eigenvalue weighted by Crippen LogP contribution is 2.15. The van der Waals surface area contributed by atoms with Gasteiger partial charge in [0, 0.05) is 40.8 Å². The number of allylic oxidation sites excluding steroid dienone is 2. The quantitative estimate of drug-likeness (QED) is 0.138. The second kappa shape index (κ2) is 10.2. The number of ketones is 2. The number of carbonyl (C=O) groups excluding carboxylic acids is 4. The lowest BCUT2D eigenvalue weighted by Crippen LogP contribution is -2.36. The number of hydrogen-bond acceptors (Lipinski definition) is 7. The second-order valence-electron chi connectivity index (χ2n) is 5.40. The van der Waals surface area contributed by atoms with Crippen molar-refractivity contribution in [3.63, 3.8) is 0 Å². The summed E-state index contributed by atoms with van der Waals surface area (Å²) in [6.45, 7) is 4.54. The molecule has 0 aromatic heterocycles. The Bertz CT molecular complexity index is 565. The monoisotopic (exact) mass is 403 g/mol. The predicted molar refractivity (Wildman–Crippen MR) is 92.0 cm³/mol. The smallest absolute Gasteiger partial charge is 0.326 e. The van der Waals surface area contributed by atoms with Crippen LogP contribution in [0.25, 0.3) is 0 Å². The van der Waals surface area contributed by atoms with Crippen LogP contribution in [0.15, 0.2) is 16.6 Å².